The lowest BCUT2D eigenvalue weighted by molar-refractivity contribution is -0.283. The van der Waals surface area contributed by atoms with Crippen molar-refractivity contribution in [2.75, 3.05) is 40.6 Å². The second kappa shape index (κ2) is 20.1. The van der Waals surface area contributed by atoms with Gasteiger partial charge in [-0.15, -0.1) is 0 Å². The van der Waals surface area contributed by atoms with Gasteiger partial charge in [0, 0.05) is 0 Å². The van der Waals surface area contributed by atoms with E-state index in [1.165, 1.54) is 14.2 Å². The summed E-state index contributed by atoms with van der Waals surface area (Å²) in [7, 11) is 2.51. The van der Waals surface area contributed by atoms with Crippen LogP contribution in [0.1, 0.15) is 13.8 Å². The highest BCUT2D eigenvalue weighted by Crippen LogP contribution is 1.82. The predicted molar refractivity (Wildman–Crippen MR) is 73.4 cm³/mol. The molecule has 0 rings (SSSR count). The SMILES string of the molecule is CCOC(=O)OCC.COC(=O)OC.O=C([O-])OCCOC(=O)O. The Morgan fingerprint density at radius 2 is 1.21 bits per heavy atom. The fraction of sp³-hybridized carbons (Fsp3) is 0.667. The molecule has 0 aromatic carbocycles. The Morgan fingerprint density at radius 3 is 1.46 bits per heavy atom. The molecule has 0 saturated carbocycles. The number of carbonyl (C=O) groups is 4. The van der Waals surface area contributed by atoms with E-state index >= 15 is 0 Å². The average molecular weight is 357 g/mol. The first-order valence-electron chi connectivity index (χ1n) is 6.35. The summed E-state index contributed by atoms with van der Waals surface area (Å²) in [5.74, 6) is 0. The molecule has 0 aromatic heterocycles. The summed E-state index contributed by atoms with van der Waals surface area (Å²) >= 11 is 0. The lowest BCUT2D eigenvalue weighted by Crippen LogP contribution is -2.25. The maximum Gasteiger partial charge on any atom is 0.508 e. The summed E-state index contributed by atoms with van der Waals surface area (Å²) in [6.45, 7) is 3.56. The van der Waals surface area contributed by atoms with Gasteiger partial charge in [-0.25, -0.2) is 14.4 Å². The average Bonchev–Trinajstić information content (AvgIpc) is 2.52. The van der Waals surface area contributed by atoms with E-state index in [-0.39, 0.29) is 13.2 Å². The van der Waals surface area contributed by atoms with Gasteiger partial charge in [0.1, 0.15) is 6.61 Å². The van der Waals surface area contributed by atoms with Crippen molar-refractivity contribution in [3.05, 3.63) is 0 Å². The van der Waals surface area contributed by atoms with Crippen LogP contribution in [-0.4, -0.2) is 70.4 Å². The fourth-order valence-electron chi connectivity index (χ4n) is 0.615. The van der Waals surface area contributed by atoms with Crippen LogP contribution in [0.3, 0.4) is 0 Å². The van der Waals surface area contributed by atoms with Crippen LogP contribution in [0.5, 0.6) is 0 Å². The van der Waals surface area contributed by atoms with E-state index in [1.54, 1.807) is 13.8 Å². The molecular formula is C12H21O12-. The monoisotopic (exact) mass is 357 g/mol. The molecule has 0 aliphatic heterocycles. The topological polar surface area (TPSA) is 167 Å². The van der Waals surface area contributed by atoms with E-state index < -0.39 is 24.6 Å². The van der Waals surface area contributed by atoms with E-state index in [0.29, 0.717) is 13.2 Å². The fourth-order valence-corrected chi connectivity index (χ4v) is 0.615. The van der Waals surface area contributed by atoms with Gasteiger partial charge >= 0.3 is 18.5 Å². The molecule has 1 N–H and O–H groups in total. The number of hydrogen-bond donors (Lipinski definition) is 1. The molecule has 0 spiro atoms. The minimum Gasteiger partial charge on any atom is -0.546 e. The van der Waals surface area contributed by atoms with Crippen molar-refractivity contribution >= 4 is 24.6 Å². The zero-order chi connectivity index (χ0) is 19.4. The smallest absolute Gasteiger partial charge is 0.508 e. The van der Waals surface area contributed by atoms with Crippen molar-refractivity contribution in [2.24, 2.45) is 0 Å². The lowest BCUT2D eigenvalue weighted by atomic mass is 10.8. The lowest BCUT2D eigenvalue weighted by Gasteiger charge is -2.05. The highest BCUT2D eigenvalue weighted by atomic mass is 16.7. The van der Waals surface area contributed by atoms with Gasteiger partial charge in [0.25, 0.3) is 6.16 Å². The molecule has 0 fully saturated rings. The van der Waals surface area contributed by atoms with Crippen molar-refractivity contribution in [1.29, 1.82) is 0 Å². The molecule has 0 aliphatic rings. The molecule has 0 radical (unpaired) electrons. The second-order valence-corrected chi connectivity index (χ2v) is 2.99. The Kier molecular flexibility index (Phi) is 21.8. The van der Waals surface area contributed by atoms with Gasteiger partial charge in [-0.1, -0.05) is 0 Å². The minimum atomic E-state index is -1.70. The second-order valence-electron chi connectivity index (χ2n) is 2.99. The first-order valence-corrected chi connectivity index (χ1v) is 6.35. The van der Waals surface area contributed by atoms with Crippen LogP contribution < -0.4 is 5.11 Å². The van der Waals surface area contributed by atoms with E-state index in [1.807, 2.05) is 0 Å². The molecule has 0 heterocycles. The molecule has 0 amide bonds. The number of carboxylic acid groups (broad SMARTS) is 2. The Hall–Kier alpha value is -2.92. The van der Waals surface area contributed by atoms with E-state index in [4.69, 9.17) is 5.11 Å². The standard InChI is InChI=1S/C5H10O3.C4H6O6.C3H6O3/c1-3-7-5(6)8-4-2;5-3(6)9-1-2-10-4(7)8;1-5-3(4)6-2/h3-4H2,1-2H3;1-2H2,(H,5,6)(H,7,8);1-2H3/p-1. The molecule has 0 atom stereocenters. The van der Waals surface area contributed by atoms with Crippen LogP contribution in [0.2, 0.25) is 0 Å². The highest BCUT2D eigenvalue weighted by molar-refractivity contribution is 5.59. The minimum absolute atomic E-state index is 0.316. The van der Waals surface area contributed by atoms with Gasteiger partial charge in [0.15, 0.2) is 0 Å². The van der Waals surface area contributed by atoms with Crippen molar-refractivity contribution in [3.8, 4) is 0 Å². The Labute approximate surface area is 138 Å². The molecule has 0 bridgehead atoms. The van der Waals surface area contributed by atoms with Gasteiger partial charge in [0.05, 0.1) is 34.0 Å². The summed E-state index contributed by atoms with van der Waals surface area (Å²) in [5, 5.41) is 17.3. The van der Waals surface area contributed by atoms with Crippen LogP contribution in [0.15, 0.2) is 0 Å². The molecule has 0 aromatic rings. The van der Waals surface area contributed by atoms with Crippen molar-refractivity contribution in [1.82, 2.24) is 0 Å². The third-order valence-corrected chi connectivity index (χ3v) is 1.39. The zero-order valence-corrected chi connectivity index (χ0v) is 13.8. The third kappa shape index (κ3) is 31.5. The number of hydrogen-bond acceptors (Lipinski definition) is 11. The van der Waals surface area contributed by atoms with Gasteiger partial charge in [-0.05, 0) is 13.8 Å². The van der Waals surface area contributed by atoms with Gasteiger partial charge in [-0.2, -0.15) is 0 Å². The quantitative estimate of drug-likeness (QED) is 0.414. The third-order valence-electron chi connectivity index (χ3n) is 1.39. The zero-order valence-electron chi connectivity index (χ0n) is 13.8. The molecule has 0 aliphatic carbocycles. The Balaban J connectivity index is -0.000000285. The summed E-state index contributed by atoms with van der Waals surface area (Å²) in [5.41, 5.74) is 0. The number of methoxy groups -OCH3 is 2. The molecule has 0 saturated heterocycles. The molecule has 12 heteroatoms. The van der Waals surface area contributed by atoms with Gasteiger partial charge in [0.2, 0.25) is 0 Å². The van der Waals surface area contributed by atoms with Crippen molar-refractivity contribution in [2.45, 2.75) is 13.8 Å². The van der Waals surface area contributed by atoms with E-state index in [0.717, 1.165) is 0 Å². The summed E-state index contributed by atoms with van der Waals surface area (Å²) in [6, 6.07) is 0. The van der Waals surface area contributed by atoms with Crippen LogP contribution in [-0.2, 0) is 28.4 Å². The molecule has 12 nitrogen and oxygen atoms in total. The van der Waals surface area contributed by atoms with E-state index in [9.17, 15) is 24.3 Å². The first-order chi connectivity index (χ1) is 11.2. The van der Waals surface area contributed by atoms with Crippen molar-refractivity contribution in [3.63, 3.8) is 0 Å². The van der Waals surface area contributed by atoms with Crippen LogP contribution in [0, 0.1) is 0 Å². The number of carbonyl (C=O) groups excluding carboxylic acids is 3. The van der Waals surface area contributed by atoms with Gasteiger partial charge < -0.3 is 43.4 Å². The molecule has 24 heavy (non-hydrogen) atoms. The number of ether oxygens (including phenoxy) is 6. The Morgan fingerprint density at radius 1 is 0.792 bits per heavy atom. The maximum atomic E-state index is 10.2. The van der Waals surface area contributed by atoms with Crippen LogP contribution in [0.25, 0.3) is 0 Å². The highest BCUT2D eigenvalue weighted by Gasteiger charge is 1.96. The first kappa shape index (κ1) is 26.0. The summed E-state index contributed by atoms with van der Waals surface area (Å²) < 4.78 is 24.6. The largest absolute Gasteiger partial charge is 0.546 e. The molecule has 142 valence electrons. The van der Waals surface area contributed by atoms with Gasteiger partial charge in [-0.3, -0.25) is 0 Å². The summed E-state index contributed by atoms with van der Waals surface area (Å²) in [4.78, 5) is 39.0. The number of rotatable bonds is 5. The van der Waals surface area contributed by atoms with Crippen LogP contribution >= 0.6 is 0 Å². The molecular weight excluding hydrogens is 336 g/mol. The normalized spacial score (nSPS) is 8.00. The maximum absolute atomic E-state index is 10.2. The Bertz CT molecular complexity index is 324. The summed E-state index contributed by atoms with van der Waals surface area (Å²) in [6.07, 6.45) is -4.42. The van der Waals surface area contributed by atoms with E-state index in [2.05, 4.69) is 28.4 Å². The molecule has 0 unspecified atom stereocenters. The van der Waals surface area contributed by atoms with Crippen molar-refractivity contribution < 1.29 is 57.8 Å². The van der Waals surface area contributed by atoms with Crippen LogP contribution in [0.4, 0.5) is 19.2 Å². The predicted octanol–water partition coefficient (Wildman–Crippen LogP) is 0.620.